The minimum Gasteiger partial charge on any atom is -0.490 e. The second kappa shape index (κ2) is 13.6. The summed E-state index contributed by atoms with van der Waals surface area (Å²) in [6.07, 6.45) is 8.53. The van der Waals surface area contributed by atoms with Crippen molar-refractivity contribution in [2.45, 2.75) is 56.5 Å². The number of aliphatic hydroxyl groups is 2. The second-order valence-corrected chi connectivity index (χ2v) is 14.9. The van der Waals surface area contributed by atoms with Gasteiger partial charge in [-0.05, 0) is 98.2 Å². The summed E-state index contributed by atoms with van der Waals surface area (Å²) >= 11 is 6.38. The summed E-state index contributed by atoms with van der Waals surface area (Å²) < 4.78 is 34.3. The van der Waals surface area contributed by atoms with Crippen LogP contribution in [0.25, 0.3) is 0 Å². The van der Waals surface area contributed by atoms with Crippen LogP contribution in [-0.2, 0) is 21.9 Å². The second-order valence-electron chi connectivity index (χ2n) is 12.7. The lowest BCUT2D eigenvalue weighted by Crippen LogP contribution is -2.49. The number of aryl methyl sites for hydroxylation is 1. The largest absolute Gasteiger partial charge is 0.490 e. The van der Waals surface area contributed by atoms with Crippen LogP contribution >= 0.6 is 11.6 Å². The van der Waals surface area contributed by atoms with E-state index in [1.807, 2.05) is 12.1 Å². The Morgan fingerprint density at radius 2 is 1.98 bits per heavy atom. The summed E-state index contributed by atoms with van der Waals surface area (Å²) in [4.78, 5) is 15.6. The number of anilines is 1. The molecule has 44 heavy (non-hydrogen) atoms. The smallest absolute Gasteiger partial charge is 0.264 e. The van der Waals surface area contributed by atoms with Gasteiger partial charge in [0.1, 0.15) is 5.75 Å². The Balaban J connectivity index is 1.46. The SMILES string of the molecule is C=CCC(CO)CS(=O)(=O)NC(=O)c1ccc2c(c1)N(C[C@@H]1CC[C@H]1C(O)CC=C)C[C@@]1(CCCc3cc(Cl)ccc31)CO2. The number of sulfonamides is 1. The molecule has 3 aliphatic rings. The first kappa shape index (κ1) is 32.5. The van der Waals surface area contributed by atoms with E-state index in [2.05, 4.69) is 28.8 Å². The third-order valence-corrected chi connectivity index (χ3v) is 11.2. The Kier molecular flexibility index (Phi) is 10.1. The highest BCUT2D eigenvalue weighted by Crippen LogP contribution is 2.46. The van der Waals surface area contributed by atoms with E-state index in [0.717, 1.165) is 37.8 Å². The Labute approximate surface area is 265 Å². The van der Waals surface area contributed by atoms with Crippen LogP contribution < -0.4 is 14.4 Å². The van der Waals surface area contributed by atoms with Crippen molar-refractivity contribution in [2.24, 2.45) is 17.8 Å². The van der Waals surface area contributed by atoms with Crippen LogP contribution in [0.5, 0.6) is 5.75 Å². The number of halogens is 1. The highest BCUT2D eigenvalue weighted by molar-refractivity contribution is 7.90. The average Bonchev–Trinajstić information content (AvgIpc) is 3.11. The standard InChI is InChI=1S/C34H43ClN2O6S/c1-3-6-23(19-38)20-44(41,42)36-33(40)25-10-14-32-30(17-25)37(18-26-9-12-28(26)31(39)7-4-2)21-34(22-43-32)15-5-8-24-16-27(35)11-13-29(24)34/h3-4,10-11,13-14,16-17,23,26,28,31,38-39H,1-2,5-9,12,15,18-22H2,(H,36,40)/t23?,26-,28+,31?,34-/m0/s1. The lowest BCUT2D eigenvalue weighted by Gasteiger charge is -2.45. The normalized spacial score (nSPS) is 24.1. The van der Waals surface area contributed by atoms with Gasteiger partial charge in [0.25, 0.3) is 5.91 Å². The summed E-state index contributed by atoms with van der Waals surface area (Å²) in [6, 6.07) is 11.1. The van der Waals surface area contributed by atoms with Crippen LogP contribution in [0.4, 0.5) is 5.69 Å². The molecule has 1 fully saturated rings. The van der Waals surface area contributed by atoms with Gasteiger partial charge in [-0.15, -0.1) is 13.2 Å². The molecule has 2 unspecified atom stereocenters. The monoisotopic (exact) mass is 642 g/mol. The molecule has 238 valence electrons. The van der Waals surface area contributed by atoms with Gasteiger partial charge in [0, 0.05) is 41.6 Å². The van der Waals surface area contributed by atoms with Crippen LogP contribution in [-0.4, -0.2) is 62.7 Å². The Bertz CT molecular complexity index is 1500. The van der Waals surface area contributed by atoms with E-state index in [9.17, 15) is 23.4 Å². The molecule has 5 atom stereocenters. The van der Waals surface area contributed by atoms with Crippen LogP contribution in [0.1, 0.15) is 60.0 Å². The van der Waals surface area contributed by atoms with Gasteiger partial charge in [-0.1, -0.05) is 29.8 Å². The van der Waals surface area contributed by atoms with Gasteiger partial charge < -0.3 is 19.8 Å². The van der Waals surface area contributed by atoms with Crippen LogP contribution in [0.3, 0.4) is 0 Å². The minimum atomic E-state index is -4.00. The van der Waals surface area contributed by atoms with Gasteiger partial charge in [0.2, 0.25) is 10.0 Å². The maximum absolute atomic E-state index is 13.3. The number of ether oxygens (including phenoxy) is 1. The molecule has 8 nitrogen and oxygen atoms in total. The molecule has 0 aromatic heterocycles. The number of rotatable bonds is 12. The zero-order valence-corrected chi connectivity index (χ0v) is 26.7. The maximum Gasteiger partial charge on any atom is 0.264 e. The fourth-order valence-electron chi connectivity index (χ4n) is 7.20. The van der Waals surface area contributed by atoms with E-state index in [4.69, 9.17) is 16.3 Å². The number of amides is 1. The van der Waals surface area contributed by atoms with Crippen LogP contribution in [0.2, 0.25) is 5.02 Å². The Morgan fingerprint density at radius 3 is 2.68 bits per heavy atom. The van der Waals surface area contributed by atoms with Crippen molar-refractivity contribution in [3.8, 4) is 5.75 Å². The number of hydrogen-bond acceptors (Lipinski definition) is 7. The number of allylic oxidation sites excluding steroid dienone is 1. The van der Waals surface area contributed by atoms with Gasteiger partial charge in [-0.2, -0.15) is 0 Å². The van der Waals surface area contributed by atoms with E-state index < -0.39 is 28.0 Å². The molecule has 1 amide bonds. The molecule has 1 heterocycles. The number of carbonyl (C=O) groups excluding carboxylic acids is 1. The first-order chi connectivity index (χ1) is 21.1. The van der Waals surface area contributed by atoms with Crippen molar-refractivity contribution in [1.29, 1.82) is 0 Å². The molecule has 10 heteroatoms. The highest BCUT2D eigenvalue weighted by atomic mass is 35.5. The van der Waals surface area contributed by atoms with Gasteiger partial charge >= 0.3 is 0 Å². The van der Waals surface area contributed by atoms with Crippen molar-refractivity contribution in [1.82, 2.24) is 4.72 Å². The summed E-state index contributed by atoms with van der Waals surface area (Å²) in [5.74, 6) is -0.632. The molecule has 0 saturated heterocycles. The van der Waals surface area contributed by atoms with Gasteiger partial charge in [0.05, 0.1) is 24.2 Å². The number of fused-ring (bicyclic) bond motifs is 3. The molecule has 5 rings (SSSR count). The molecule has 2 aromatic carbocycles. The molecular formula is C34H43ClN2O6S. The van der Waals surface area contributed by atoms with Gasteiger partial charge in [-0.3, -0.25) is 4.79 Å². The van der Waals surface area contributed by atoms with Crippen molar-refractivity contribution in [3.63, 3.8) is 0 Å². The topological polar surface area (TPSA) is 116 Å². The molecular weight excluding hydrogens is 600 g/mol. The van der Waals surface area contributed by atoms with E-state index in [-0.39, 0.29) is 35.2 Å². The highest BCUT2D eigenvalue weighted by Gasteiger charge is 2.44. The lowest BCUT2D eigenvalue weighted by atomic mass is 9.68. The van der Waals surface area contributed by atoms with E-state index >= 15 is 0 Å². The van der Waals surface area contributed by atoms with Crippen molar-refractivity contribution in [2.75, 3.05) is 37.0 Å². The van der Waals surface area contributed by atoms with Crippen LogP contribution in [0, 0.1) is 17.8 Å². The number of carbonyl (C=O) groups is 1. The molecule has 2 aromatic rings. The van der Waals surface area contributed by atoms with Crippen LogP contribution in [0.15, 0.2) is 61.7 Å². The van der Waals surface area contributed by atoms with E-state index in [0.29, 0.717) is 43.3 Å². The molecule has 1 aliphatic heterocycles. The number of benzene rings is 2. The molecule has 0 radical (unpaired) electrons. The quantitative estimate of drug-likeness (QED) is 0.279. The van der Waals surface area contributed by atoms with Crippen molar-refractivity contribution < 1.29 is 28.2 Å². The fourth-order valence-corrected chi connectivity index (χ4v) is 8.74. The molecule has 1 saturated carbocycles. The van der Waals surface area contributed by atoms with Crippen molar-refractivity contribution >= 4 is 33.2 Å². The Morgan fingerprint density at radius 1 is 1.18 bits per heavy atom. The molecule has 3 N–H and O–H groups in total. The first-order valence-electron chi connectivity index (χ1n) is 15.4. The Hall–Kier alpha value is -2.85. The lowest BCUT2D eigenvalue weighted by molar-refractivity contribution is 0.0178. The first-order valence-corrected chi connectivity index (χ1v) is 17.5. The van der Waals surface area contributed by atoms with Gasteiger partial charge in [-0.25, -0.2) is 13.1 Å². The number of nitrogens with one attached hydrogen (secondary N) is 1. The maximum atomic E-state index is 13.3. The van der Waals surface area contributed by atoms with E-state index in [1.54, 1.807) is 30.4 Å². The average molecular weight is 643 g/mol. The zero-order valence-electron chi connectivity index (χ0n) is 25.1. The van der Waals surface area contributed by atoms with E-state index in [1.165, 1.54) is 11.1 Å². The third kappa shape index (κ3) is 7.01. The summed E-state index contributed by atoms with van der Waals surface area (Å²) in [5.41, 5.74) is 3.09. The number of nitrogens with zero attached hydrogens (tertiary/aromatic N) is 1. The predicted octanol–water partition coefficient (Wildman–Crippen LogP) is 5.02. The van der Waals surface area contributed by atoms with Crippen molar-refractivity contribution in [3.05, 3.63) is 83.4 Å². The molecule has 2 aliphatic carbocycles. The summed E-state index contributed by atoms with van der Waals surface area (Å²) in [7, 11) is -4.00. The minimum absolute atomic E-state index is 0.153. The molecule has 0 bridgehead atoms. The number of aliphatic hydroxyl groups excluding tert-OH is 2. The summed E-state index contributed by atoms with van der Waals surface area (Å²) in [5, 5.41) is 21.1. The third-order valence-electron chi connectivity index (χ3n) is 9.59. The van der Waals surface area contributed by atoms with Gasteiger partial charge in [0.15, 0.2) is 0 Å². The fraction of sp³-hybridized carbons (Fsp3) is 0.500. The number of hydrogen-bond donors (Lipinski definition) is 3. The predicted molar refractivity (Wildman–Crippen MR) is 174 cm³/mol. The molecule has 1 spiro atoms. The zero-order chi connectivity index (χ0) is 31.5. The summed E-state index contributed by atoms with van der Waals surface area (Å²) in [6.45, 7) is 8.86.